The van der Waals surface area contributed by atoms with Crippen molar-refractivity contribution >= 4 is 54.1 Å². The van der Waals surface area contributed by atoms with Crippen LogP contribution in [0.5, 0.6) is 0 Å². The first kappa shape index (κ1) is 14.1. The maximum atomic E-state index is 10.1. The van der Waals surface area contributed by atoms with Gasteiger partial charge in [-0.3, -0.25) is 4.55 Å². The Labute approximate surface area is 93.5 Å². The Hall–Kier alpha value is 0.600. The predicted molar refractivity (Wildman–Crippen MR) is 37.9 cm³/mol. The van der Waals surface area contributed by atoms with Gasteiger partial charge in [0.05, 0.1) is 0 Å². The molecule has 0 bridgehead atoms. The van der Waals surface area contributed by atoms with Crippen molar-refractivity contribution in [1.29, 1.82) is 0 Å². The van der Waals surface area contributed by atoms with E-state index in [1.54, 1.807) is 0 Å². The second-order valence-corrected chi connectivity index (χ2v) is 2.53. The molecular weight excluding hydrogens is 204 g/mol. The number of carbonyl (C=O) groups excluding carboxylic acids is 1. The summed E-state index contributed by atoms with van der Waals surface area (Å²) in [5.41, 5.74) is 0. The molecule has 0 saturated heterocycles. The minimum absolute atomic E-state index is 0. The first-order valence-corrected chi connectivity index (χ1v) is 3.58. The molecule has 0 rings (SSSR count). The van der Waals surface area contributed by atoms with Crippen LogP contribution >= 0.6 is 0 Å². The number of hydrogen-bond acceptors (Lipinski definition) is 5. The van der Waals surface area contributed by atoms with Gasteiger partial charge in [-0.15, -0.1) is 0 Å². The Balaban J connectivity index is 0. The van der Waals surface area contributed by atoms with E-state index < -0.39 is 22.5 Å². The van der Waals surface area contributed by atoms with Crippen LogP contribution < -0.4 is 0 Å². The molecule has 0 aromatic heterocycles. The molecule has 0 spiro atoms. The summed E-state index contributed by atoms with van der Waals surface area (Å²) in [4.78, 5) is 10.1. The Morgan fingerprint density at radius 1 is 1.55 bits per heavy atom. The van der Waals surface area contributed by atoms with Gasteiger partial charge in [0, 0.05) is 0 Å². The van der Waals surface area contributed by atoms with E-state index >= 15 is 0 Å². The topological polar surface area (TPSA) is 101 Å². The first-order chi connectivity index (χ1) is 4.33. The molecule has 0 aliphatic carbocycles. The SMILES string of the molecule is CC(O)C(=O)OS(=O)(=O)O.[CaH2]. The third-order valence-electron chi connectivity index (χ3n) is 0.529. The van der Waals surface area contributed by atoms with E-state index in [0.717, 1.165) is 6.92 Å². The van der Waals surface area contributed by atoms with Crippen LogP contribution in [0.4, 0.5) is 0 Å². The third kappa shape index (κ3) is 8.51. The first-order valence-electron chi connectivity index (χ1n) is 2.22. The van der Waals surface area contributed by atoms with Gasteiger partial charge < -0.3 is 9.29 Å². The summed E-state index contributed by atoms with van der Waals surface area (Å²) in [6.45, 7) is 1.01. The zero-order valence-corrected chi connectivity index (χ0v) is 5.83. The Kier molecular flexibility index (Phi) is 6.79. The quantitative estimate of drug-likeness (QED) is 0.398. The van der Waals surface area contributed by atoms with Gasteiger partial charge in [-0.05, 0) is 6.92 Å². The van der Waals surface area contributed by atoms with E-state index in [-0.39, 0.29) is 37.7 Å². The fourth-order valence-electron chi connectivity index (χ4n) is 0.173. The Bertz CT molecular complexity index is 218. The summed E-state index contributed by atoms with van der Waals surface area (Å²) in [5.74, 6) is -1.41. The molecule has 0 radical (unpaired) electrons. The summed E-state index contributed by atoms with van der Waals surface area (Å²) in [5, 5.41) is 8.33. The number of rotatable bonds is 2. The average Bonchev–Trinajstić information content (AvgIpc) is 1.60. The van der Waals surface area contributed by atoms with E-state index in [0.29, 0.717) is 0 Å². The summed E-state index contributed by atoms with van der Waals surface area (Å²) in [6, 6.07) is 0. The molecule has 0 aliphatic rings. The van der Waals surface area contributed by atoms with Crippen LogP contribution in [0.15, 0.2) is 0 Å². The van der Waals surface area contributed by atoms with E-state index in [1.165, 1.54) is 0 Å². The van der Waals surface area contributed by atoms with E-state index in [2.05, 4.69) is 4.18 Å². The Morgan fingerprint density at radius 3 is 2.00 bits per heavy atom. The molecule has 2 N–H and O–H groups in total. The third-order valence-corrected chi connectivity index (χ3v) is 0.903. The van der Waals surface area contributed by atoms with Gasteiger partial charge in [-0.25, -0.2) is 4.79 Å². The van der Waals surface area contributed by atoms with Crippen LogP contribution in [0, 0.1) is 0 Å². The van der Waals surface area contributed by atoms with Crippen LogP contribution in [-0.4, -0.2) is 67.9 Å². The van der Waals surface area contributed by atoms with Gasteiger partial charge in [-0.2, -0.15) is 8.42 Å². The number of carbonyl (C=O) groups is 1. The predicted octanol–water partition coefficient (Wildman–Crippen LogP) is -2.20. The van der Waals surface area contributed by atoms with E-state index in [1.807, 2.05) is 0 Å². The zero-order valence-electron chi connectivity index (χ0n) is 5.01. The van der Waals surface area contributed by atoms with E-state index in [4.69, 9.17) is 9.66 Å². The normalized spacial score (nSPS) is 13.0. The van der Waals surface area contributed by atoms with Gasteiger partial charge >= 0.3 is 54.1 Å². The molecule has 0 amide bonds. The molecule has 0 fully saturated rings. The molecule has 0 aromatic rings. The Morgan fingerprint density at radius 2 is 1.91 bits per heavy atom. The van der Waals surface area contributed by atoms with Crippen LogP contribution in [-0.2, 0) is 19.4 Å². The monoisotopic (exact) mass is 212 g/mol. The standard InChI is InChI=1S/C3H6O6S.Ca.2H/c1-2(4)3(5)9-10(6,7)8;;;/h2,4H,1H3,(H,6,7,8);;;. The van der Waals surface area contributed by atoms with Crippen LogP contribution in [0.2, 0.25) is 0 Å². The van der Waals surface area contributed by atoms with Crippen molar-refractivity contribution < 1.29 is 27.1 Å². The van der Waals surface area contributed by atoms with Crippen LogP contribution in [0.25, 0.3) is 0 Å². The number of aliphatic hydroxyl groups excluding tert-OH is 1. The van der Waals surface area contributed by atoms with Crippen molar-refractivity contribution in [3.63, 3.8) is 0 Å². The summed E-state index contributed by atoms with van der Waals surface area (Å²) < 4.78 is 30.7. The molecule has 0 heterocycles. The summed E-state index contributed by atoms with van der Waals surface area (Å²) in [6.07, 6.45) is -1.57. The molecule has 1 atom stereocenters. The number of aliphatic hydroxyl groups is 1. The van der Waals surface area contributed by atoms with Gasteiger partial charge in [0.2, 0.25) is 0 Å². The minimum atomic E-state index is -4.78. The summed E-state index contributed by atoms with van der Waals surface area (Å²) in [7, 11) is -4.78. The van der Waals surface area contributed by atoms with E-state index in [9.17, 15) is 13.2 Å². The molecule has 0 saturated carbocycles. The second kappa shape index (κ2) is 5.28. The van der Waals surface area contributed by atoms with Gasteiger partial charge in [-0.1, -0.05) is 0 Å². The fraction of sp³-hybridized carbons (Fsp3) is 0.667. The van der Waals surface area contributed by atoms with Crippen molar-refractivity contribution in [2.24, 2.45) is 0 Å². The maximum absolute atomic E-state index is 10.1. The average molecular weight is 212 g/mol. The van der Waals surface area contributed by atoms with Crippen LogP contribution in [0.1, 0.15) is 6.92 Å². The molecule has 11 heavy (non-hydrogen) atoms. The summed E-state index contributed by atoms with van der Waals surface area (Å²) >= 11 is 0. The van der Waals surface area contributed by atoms with Gasteiger partial charge in [0.15, 0.2) is 0 Å². The molecular formula is C3H8CaO6S. The van der Waals surface area contributed by atoms with Crippen LogP contribution in [0.3, 0.4) is 0 Å². The zero-order chi connectivity index (χ0) is 8.36. The molecule has 0 aliphatic heterocycles. The van der Waals surface area contributed by atoms with Gasteiger partial charge in [0.1, 0.15) is 6.10 Å². The second-order valence-electron chi connectivity index (χ2n) is 1.51. The van der Waals surface area contributed by atoms with Crippen molar-refractivity contribution in [3.8, 4) is 0 Å². The fourth-order valence-corrected chi connectivity index (χ4v) is 0.520. The van der Waals surface area contributed by atoms with Crippen molar-refractivity contribution in [1.82, 2.24) is 0 Å². The van der Waals surface area contributed by atoms with Crippen molar-refractivity contribution in [2.75, 3.05) is 0 Å². The molecule has 64 valence electrons. The molecule has 1 unspecified atom stereocenters. The van der Waals surface area contributed by atoms with Crippen molar-refractivity contribution in [2.45, 2.75) is 13.0 Å². The molecule has 8 heteroatoms. The molecule has 0 aromatic carbocycles. The number of hydrogen-bond donors (Lipinski definition) is 2. The van der Waals surface area contributed by atoms with Gasteiger partial charge in [0.25, 0.3) is 0 Å². The van der Waals surface area contributed by atoms with Crippen molar-refractivity contribution in [3.05, 3.63) is 0 Å². The molecule has 6 nitrogen and oxygen atoms in total.